The highest BCUT2D eigenvalue weighted by Crippen LogP contribution is 2.65. The van der Waals surface area contributed by atoms with E-state index in [-0.39, 0.29) is 29.3 Å². The molecule has 0 unspecified atom stereocenters. The third-order valence-corrected chi connectivity index (χ3v) is 6.51. The molecular weight excluding hydrogens is 355 g/mol. The van der Waals surface area contributed by atoms with Crippen molar-refractivity contribution in [2.24, 2.45) is 35.5 Å². The molecule has 0 spiro atoms. The van der Waals surface area contributed by atoms with Gasteiger partial charge in [-0.3, -0.25) is 14.5 Å². The lowest BCUT2D eigenvalue weighted by molar-refractivity contribution is -0.137. The Labute approximate surface area is 146 Å². The lowest BCUT2D eigenvalue weighted by Gasteiger charge is -2.37. The standard InChI is InChI=1S/C18H13ClF3NO2/c19-13-4-1-7(5-12(13)18(20,21)22)23-16(24)14-8-2-3-9(11-6-10(8)11)15(14)17(23)25/h1-5,8-11,14-15H,6H2/t8-,9-,10-,11-,14+,15+/m0/s1. The second-order valence-electron chi connectivity index (χ2n) is 7.33. The third kappa shape index (κ3) is 1.94. The molecule has 1 heterocycles. The molecule has 6 rings (SSSR count). The van der Waals surface area contributed by atoms with Crippen molar-refractivity contribution in [2.75, 3.05) is 4.90 Å². The molecule has 5 aliphatic rings. The molecule has 130 valence electrons. The lowest BCUT2D eigenvalue weighted by Crippen LogP contribution is -2.40. The van der Waals surface area contributed by atoms with Crippen LogP contribution >= 0.6 is 11.6 Å². The quantitative estimate of drug-likeness (QED) is 0.557. The van der Waals surface area contributed by atoms with Crippen LogP contribution in [-0.4, -0.2) is 11.8 Å². The molecule has 2 bridgehead atoms. The van der Waals surface area contributed by atoms with Crippen LogP contribution in [0.4, 0.5) is 18.9 Å². The average molecular weight is 368 g/mol. The zero-order chi connectivity index (χ0) is 17.7. The molecule has 7 heteroatoms. The summed E-state index contributed by atoms with van der Waals surface area (Å²) >= 11 is 5.65. The van der Waals surface area contributed by atoms with Gasteiger partial charge in [-0.2, -0.15) is 13.2 Å². The van der Waals surface area contributed by atoms with Crippen molar-refractivity contribution in [1.29, 1.82) is 0 Å². The molecule has 1 aromatic carbocycles. The van der Waals surface area contributed by atoms with Crippen molar-refractivity contribution >= 4 is 29.1 Å². The number of halogens is 4. The van der Waals surface area contributed by atoms with E-state index in [4.69, 9.17) is 11.6 Å². The molecule has 1 aromatic rings. The van der Waals surface area contributed by atoms with Gasteiger partial charge in [-0.05, 0) is 48.3 Å². The van der Waals surface area contributed by atoms with E-state index in [1.54, 1.807) is 0 Å². The van der Waals surface area contributed by atoms with Crippen LogP contribution in [0.3, 0.4) is 0 Å². The summed E-state index contributed by atoms with van der Waals surface area (Å²) in [5.41, 5.74) is -1.08. The zero-order valence-corrected chi connectivity index (χ0v) is 13.6. The number of nitrogens with zero attached hydrogens (tertiary/aromatic N) is 1. The van der Waals surface area contributed by atoms with E-state index in [1.165, 1.54) is 6.07 Å². The number of hydrogen-bond acceptors (Lipinski definition) is 2. The van der Waals surface area contributed by atoms with Crippen LogP contribution in [0.1, 0.15) is 12.0 Å². The Morgan fingerprint density at radius 2 is 1.56 bits per heavy atom. The van der Waals surface area contributed by atoms with Crippen LogP contribution in [0.2, 0.25) is 5.02 Å². The Bertz CT molecular complexity index is 813. The van der Waals surface area contributed by atoms with E-state index in [1.807, 2.05) is 12.2 Å². The highest BCUT2D eigenvalue weighted by atomic mass is 35.5. The molecule has 0 aromatic heterocycles. The largest absolute Gasteiger partial charge is 0.417 e. The molecule has 6 atom stereocenters. The van der Waals surface area contributed by atoms with E-state index in [2.05, 4.69) is 0 Å². The monoisotopic (exact) mass is 367 g/mol. The normalized spacial score (nSPS) is 38.2. The van der Waals surface area contributed by atoms with Gasteiger partial charge in [0.25, 0.3) is 0 Å². The summed E-state index contributed by atoms with van der Waals surface area (Å²) in [4.78, 5) is 26.8. The van der Waals surface area contributed by atoms with Crippen molar-refractivity contribution < 1.29 is 22.8 Å². The molecular formula is C18H13ClF3NO2. The predicted molar refractivity (Wildman–Crippen MR) is 83.6 cm³/mol. The van der Waals surface area contributed by atoms with Gasteiger partial charge in [0.15, 0.2) is 0 Å². The summed E-state index contributed by atoms with van der Waals surface area (Å²) in [6, 6.07) is 3.19. The fourth-order valence-corrected chi connectivity index (χ4v) is 5.31. The summed E-state index contributed by atoms with van der Waals surface area (Å²) in [5.74, 6) is -0.655. The Morgan fingerprint density at radius 1 is 1.00 bits per heavy atom. The maximum atomic E-state index is 13.1. The number of benzene rings is 1. The fourth-order valence-electron chi connectivity index (χ4n) is 5.08. The molecule has 3 nitrogen and oxygen atoms in total. The van der Waals surface area contributed by atoms with Gasteiger partial charge in [-0.1, -0.05) is 23.8 Å². The first-order valence-corrected chi connectivity index (χ1v) is 8.59. The number of alkyl halides is 3. The van der Waals surface area contributed by atoms with Crippen LogP contribution in [-0.2, 0) is 15.8 Å². The SMILES string of the molecule is O=C1[C@@H]2[C@H]3C=C[C@@H]([C@@H]4C[C@@H]34)[C@H]2C(=O)N1c1ccc(Cl)c(C(F)(F)F)c1. The van der Waals surface area contributed by atoms with Crippen molar-refractivity contribution in [2.45, 2.75) is 12.6 Å². The van der Waals surface area contributed by atoms with Crippen molar-refractivity contribution in [3.05, 3.63) is 40.9 Å². The van der Waals surface area contributed by atoms with Gasteiger partial charge in [-0.15, -0.1) is 0 Å². The van der Waals surface area contributed by atoms with E-state index in [9.17, 15) is 22.8 Å². The molecule has 25 heavy (non-hydrogen) atoms. The van der Waals surface area contributed by atoms with E-state index in [0.717, 1.165) is 23.5 Å². The number of rotatable bonds is 1. The number of anilines is 1. The minimum atomic E-state index is -4.64. The van der Waals surface area contributed by atoms with Crippen LogP contribution in [0, 0.1) is 35.5 Å². The minimum Gasteiger partial charge on any atom is -0.274 e. The minimum absolute atomic E-state index is 0.0378. The van der Waals surface area contributed by atoms with Gasteiger partial charge >= 0.3 is 6.18 Å². The Balaban J connectivity index is 1.57. The Hall–Kier alpha value is -1.82. The second kappa shape index (κ2) is 4.67. The summed E-state index contributed by atoms with van der Waals surface area (Å²) in [7, 11) is 0. The number of amides is 2. The smallest absolute Gasteiger partial charge is 0.274 e. The Kier molecular flexibility index (Phi) is 2.88. The molecule has 0 N–H and O–H groups in total. The molecule has 2 amide bonds. The van der Waals surface area contributed by atoms with Gasteiger partial charge in [0.05, 0.1) is 28.1 Å². The van der Waals surface area contributed by atoms with Gasteiger partial charge in [0.2, 0.25) is 11.8 Å². The highest BCUT2D eigenvalue weighted by Gasteiger charge is 2.67. The number of hydrogen-bond donors (Lipinski definition) is 0. The van der Waals surface area contributed by atoms with Crippen LogP contribution < -0.4 is 4.90 Å². The molecule has 0 radical (unpaired) electrons. The van der Waals surface area contributed by atoms with Crippen molar-refractivity contribution in [3.63, 3.8) is 0 Å². The van der Waals surface area contributed by atoms with E-state index >= 15 is 0 Å². The predicted octanol–water partition coefficient (Wildman–Crippen LogP) is 3.92. The first-order valence-electron chi connectivity index (χ1n) is 8.22. The third-order valence-electron chi connectivity index (χ3n) is 6.18. The average Bonchev–Trinajstić information content (AvgIpc) is 3.32. The van der Waals surface area contributed by atoms with E-state index in [0.29, 0.717) is 11.8 Å². The lowest BCUT2D eigenvalue weighted by atomic mass is 9.63. The van der Waals surface area contributed by atoms with Crippen molar-refractivity contribution in [3.8, 4) is 0 Å². The van der Waals surface area contributed by atoms with Crippen LogP contribution in [0.25, 0.3) is 0 Å². The van der Waals surface area contributed by atoms with Gasteiger partial charge < -0.3 is 0 Å². The van der Waals surface area contributed by atoms with Crippen molar-refractivity contribution in [1.82, 2.24) is 0 Å². The fraction of sp³-hybridized carbons (Fsp3) is 0.444. The maximum Gasteiger partial charge on any atom is 0.417 e. The summed E-state index contributed by atoms with van der Waals surface area (Å²) in [6.07, 6.45) is 0.443. The molecule has 1 aliphatic heterocycles. The molecule has 4 aliphatic carbocycles. The molecule has 3 fully saturated rings. The topological polar surface area (TPSA) is 37.4 Å². The van der Waals surface area contributed by atoms with Crippen LogP contribution in [0.5, 0.6) is 0 Å². The summed E-state index contributed by atoms with van der Waals surface area (Å²) in [6.45, 7) is 0. The van der Waals surface area contributed by atoms with Crippen LogP contribution in [0.15, 0.2) is 30.4 Å². The van der Waals surface area contributed by atoms with Gasteiger partial charge in [0.1, 0.15) is 0 Å². The number of carbonyl (C=O) groups is 2. The number of carbonyl (C=O) groups excluding carboxylic acids is 2. The molecule has 2 saturated carbocycles. The van der Waals surface area contributed by atoms with Gasteiger partial charge in [0, 0.05) is 0 Å². The first-order chi connectivity index (χ1) is 11.8. The number of imide groups is 1. The highest BCUT2D eigenvalue weighted by molar-refractivity contribution is 6.31. The second-order valence-corrected chi connectivity index (χ2v) is 7.74. The van der Waals surface area contributed by atoms with E-state index < -0.39 is 28.6 Å². The zero-order valence-electron chi connectivity index (χ0n) is 12.8. The first kappa shape index (κ1) is 15.4. The van der Waals surface area contributed by atoms with Gasteiger partial charge in [-0.25, -0.2) is 0 Å². The maximum absolute atomic E-state index is 13.1. The summed E-state index contributed by atoms with van der Waals surface area (Å²) in [5, 5.41) is -0.448. The number of allylic oxidation sites excluding steroid dienone is 2. The summed E-state index contributed by atoms with van der Waals surface area (Å²) < 4.78 is 39.3. The Morgan fingerprint density at radius 3 is 2.08 bits per heavy atom. The molecule has 1 saturated heterocycles.